The molecule has 30 heavy (non-hydrogen) atoms. The van der Waals surface area contributed by atoms with Crippen LogP contribution in [0.15, 0.2) is 42.7 Å². The van der Waals surface area contributed by atoms with Crippen molar-refractivity contribution in [1.29, 1.82) is 0 Å². The number of fused-ring (bicyclic) bond motifs is 1. The lowest BCUT2D eigenvalue weighted by Gasteiger charge is -2.26. The second-order valence-electron chi connectivity index (χ2n) is 8.38. The van der Waals surface area contributed by atoms with Gasteiger partial charge in [-0.3, -0.25) is 0 Å². The molecule has 4 heterocycles. The molecular formula is C23H26N6S. The van der Waals surface area contributed by atoms with E-state index in [2.05, 4.69) is 63.8 Å². The number of rotatable bonds is 5. The third kappa shape index (κ3) is 3.47. The molecular weight excluding hydrogens is 392 g/mol. The molecule has 1 aliphatic heterocycles. The number of benzene rings is 1. The maximum Gasteiger partial charge on any atom is 0.155 e. The number of nitrogens with zero attached hydrogens (tertiary/aromatic N) is 6. The van der Waals surface area contributed by atoms with Gasteiger partial charge in [-0.25, -0.2) is 9.97 Å². The van der Waals surface area contributed by atoms with E-state index in [1.54, 1.807) is 11.3 Å². The molecule has 6 nitrogen and oxygen atoms in total. The highest BCUT2D eigenvalue weighted by Crippen LogP contribution is 2.41. The molecule has 0 saturated carbocycles. The van der Waals surface area contributed by atoms with E-state index >= 15 is 0 Å². The average molecular weight is 419 g/mol. The van der Waals surface area contributed by atoms with Crippen molar-refractivity contribution < 1.29 is 0 Å². The molecule has 0 radical (unpaired) electrons. The highest BCUT2D eigenvalue weighted by Gasteiger charge is 2.32. The van der Waals surface area contributed by atoms with E-state index in [9.17, 15) is 0 Å². The lowest BCUT2D eigenvalue weighted by atomic mass is 10.1. The summed E-state index contributed by atoms with van der Waals surface area (Å²) in [6.07, 6.45) is 4.06. The minimum Gasteiger partial charge on any atom is -0.346 e. The quantitative estimate of drug-likeness (QED) is 0.443. The van der Waals surface area contributed by atoms with Crippen molar-refractivity contribution in [2.75, 3.05) is 11.4 Å². The van der Waals surface area contributed by atoms with Crippen molar-refractivity contribution in [2.24, 2.45) is 5.92 Å². The predicted molar refractivity (Wildman–Crippen MR) is 122 cm³/mol. The van der Waals surface area contributed by atoms with Gasteiger partial charge in [-0.05, 0) is 37.3 Å². The van der Waals surface area contributed by atoms with Crippen LogP contribution in [0.4, 0.5) is 5.82 Å². The first-order valence-electron chi connectivity index (χ1n) is 10.6. The van der Waals surface area contributed by atoms with E-state index in [4.69, 9.17) is 9.97 Å². The van der Waals surface area contributed by atoms with Crippen molar-refractivity contribution >= 4 is 27.4 Å². The molecule has 1 aromatic carbocycles. The Bertz CT molecular complexity index is 1160. The van der Waals surface area contributed by atoms with Gasteiger partial charge in [0.1, 0.15) is 22.8 Å². The molecule has 0 bridgehead atoms. The minimum absolute atomic E-state index is 0.198. The number of aromatic nitrogens is 5. The molecule has 1 aliphatic rings. The van der Waals surface area contributed by atoms with E-state index in [1.807, 2.05) is 19.3 Å². The number of hydrogen-bond acceptors (Lipinski definition) is 6. The van der Waals surface area contributed by atoms with Crippen molar-refractivity contribution in [1.82, 2.24) is 24.7 Å². The molecule has 0 amide bonds. The molecule has 4 aromatic rings. The lowest BCUT2D eigenvalue weighted by molar-refractivity contribution is 0.487. The van der Waals surface area contributed by atoms with Gasteiger partial charge < -0.3 is 9.47 Å². The van der Waals surface area contributed by atoms with E-state index in [0.717, 1.165) is 53.6 Å². The normalized spacial score (nSPS) is 16.8. The van der Waals surface area contributed by atoms with Gasteiger partial charge in [-0.2, -0.15) is 0 Å². The summed E-state index contributed by atoms with van der Waals surface area (Å²) in [5, 5.41) is 9.87. The summed E-state index contributed by atoms with van der Waals surface area (Å²) in [7, 11) is 0. The summed E-state index contributed by atoms with van der Waals surface area (Å²) in [4.78, 5) is 14.3. The summed E-state index contributed by atoms with van der Waals surface area (Å²) in [6.45, 7) is 8.34. The summed E-state index contributed by atoms with van der Waals surface area (Å²) in [5.41, 5.74) is 1.22. The summed E-state index contributed by atoms with van der Waals surface area (Å²) >= 11 is 1.74. The Labute approximate surface area is 180 Å². The Morgan fingerprint density at radius 2 is 2.00 bits per heavy atom. The van der Waals surface area contributed by atoms with Gasteiger partial charge in [0.2, 0.25) is 0 Å². The number of hydrogen-bond donors (Lipinski definition) is 0. The van der Waals surface area contributed by atoms with Crippen LogP contribution in [0, 0.1) is 12.8 Å². The summed E-state index contributed by atoms with van der Waals surface area (Å²) < 4.78 is 2.21. The first-order chi connectivity index (χ1) is 14.6. The van der Waals surface area contributed by atoms with Crippen LogP contribution in [-0.2, 0) is 6.54 Å². The zero-order chi connectivity index (χ0) is 20.7. The maximum atomic E-state index is 4.91. The highest BCUT2D eigenvalue weighted by molar-refractivity contribution is 7.21. The highest BCUT2D eigenvalue weighted by atomic mass is 32.1. The van der Waals surface area contributed by atoms with Crippen molar-refractivity contribution in [3.05, 3.63) is 54.4 Å². The topological polar surface area (TPSA) is 59.7 Å². The van der Waals surface area contributed by atoms with Crippen LogP contribution in [0.25, 0.3) is 20.7 Å². The smallest absolute Gasteiger partial charge is 0.155 e. The molecule has 1 fully saturated rings. The molecule has 7 heteroatoms. The lowest BCUT2D eigenvalue weighted by Crippen LogP contribution is -2.27. The van der Waals surface area contributed by atoms with Crippen molar-refractivity contribution in [3.63, 3.8) is 0 Å². The number of aryl methyl sites for hydroxylation is 1. The van der Waals surface area contributed by atoms with Gasteiger partial charge in [0.25, 0.3) is 0 Å². The monoisotopic (exact) mass is 418 g/mol. The van der Waals surface area contributed by atoms with Gasteiger partial charge in [-0.15, -0.1) is 21.5 Å². The largest absolute Gasteiger partial charge is 0.346 e. The average Bonchev–Trinajstić information content (AvgIpc) is 3.46. The zero-order valence-corrected chi connectivity index (χ0v) is 18.4. The summed E-state index contributed by atoms with van der Waals surface area (Å²) in [5.74, 6) is 3.43. The Balaban J connectivity index is 1.58. The SMILES string of the molecule is Cc1nc(N2CCCC2c2nncn2CC(C)C)c2cc(-c3ccccc3)sc2n1. The number of thiophene rings is 1. The van der Waals surface area contributed by atoms with Crippen LogP contribution in [0.5, 0.6) is 0 Å². The van der Waals surface area contributed by atoms with Crippen molar-refractivity contribution in [3.8, 4) is 10.4 Å². The van der Waals surface area contributed by atoms with E-state index < -0.39 is 0 Å². The van der Waals surface area contributed by atoms with Crippen LogP contribution >= 0.6 is 11.3 Å². The molecule has 1 atom stereocenters. The maximum absolute atomic E-state index is 4.91. The molecule has 1 unspecified atom stereocenters. The molecule has 5 rings (SSSR count). The Morgan fingerprint density at radius 3 is 2.80 bits per heavy atom. The molecule has 1 saturated heterocycles. The van der Waals surface area contributed by atoms with E-state index in [0.29, 0.717) is 5.92 Å². The van der Waals surface area contributed by atoms with Crippen LogP contribution in [0.1, 0.15) is 44.4 Å². The van der Waals surface area contributed by atoms with Crippen molar-refractivity contribution in [2.45, 2.75) is 46.2 Å². The molecule has 154 valence electrons. The van der Waals surface area contributed by atoms with Crippen LogP contribution in [0.3, 0.4) is 0 Å². The zero-order valence-electron chi connectivity index (χ0n) is 17.6. The van der Waals surface area contributed by atoms with Gasteiger partial charge in [0.05, 0.1) is 11.4 Å². The van der Waals surface area contributed by atoms with Gasteiger partial charge in [-0.1, -0.05) is 44.2 Å². The number of anilines is 1. The second-order valence-corrected chi connectivity index (χ2v) is 9.41. The minimum atomic E-state index is 0.198. The first-order valence-corrected chi connectivity index (χ1v) is 11.4. The predicted octanol–water partition coefficient (Wildman–Crippen LogP) is 5.26. The van der Waals surface area contributed by atoms with Crippen LogP contribution < -0.4 is 4.90 Å². The second kappa shape index (κ2) is 7.80. The fraction of sp³-hybridized carbons (Fsp3) is 0.391. The van der Waals surface area contributed by atoms with Gasteiger partial charge in [0, 0.05) is 18.0 Å². The molecule has 3 aromatic heterocycles. The summed E-state index contributed by atoms with van der Waals surface area (Å²) in [6, 6.07) is 13.0. The third-order valence-electron chi connectivity index (χ3n) is 5.57. The first kappa shape index (κ1) is 19.2. The van der Waals surface area contributed by atoms with E-state index in [-0.39, 0.29) is 6.04 Å². The Kier molecular flexibility index (Phi) is 4.98. The standard InChI is InChI=1S/C23H26N6S/c1-15(2)13-28-14-24-27-22(28)19-10-7-11-29(19)21-18-12-20(17-8-5-4-6-9-17)30-23(18)26-16(3)25-21/h4-6,8-9,12,14-15,19H,7,10-11,13H2,1-3H3. The Morgan fingerprint density at radius 1 is 1.17 bits per heavy atom. The molecule has 0 aliphatic carbocycles. The van der Waals surface area contributed by atoms with Crippen LogP contribution in [0.2, 0.25) is 0 Å². The fourth-order valence-electron chi connectivity index (χ4n) is 4.32. The van der Waals surface area contributed by atoms with Crippen LogP contribution in [-0.4, -0.2) is 31.3 Å². The third-order valence-corrected chi connectivity index (χ3v) is 6.65. The fourth-order valence-corrected chi connectivity index (χ4v) is 5.40. The van der Waals surface area contributed by atoms with Gasteiger partial charge >= 0.3 is 0 Å². The van der Waals surface area contributed by atoms with Gasteiger partial charge in [0.15, 0.2) is 5.82 Å². The molecule has 0 N–H and O–H groups in total. The van der Waals surface area contributed by atoms with E-state index in [1.165, 1.54) is 10.4 Å². The molecule has 0 spiro atoms. The Hall–Kier alpha value is -2.80.